The third kappa shape index (κ3) is 5.55. The molecular weight excluding hydrogens is 424 g/mol. The minimum Gasteiger partial charge on any atom is -0.390 e. The number of hydrogen-bond acceptors (Lipinski definition) is 3. The first-order valence-electron chi connectivity index (χ1n) is 10.9. The molecule has 1 aliphatic heterocycles. The Morgan fingerprint density at radius 3 is 2.42 bits per heavy atom. The van der Waals surface area contributed by atoms with Crippen LogP contribution in [0.5, 0.6) is 0 Å². The van der Waals surface area contributed by atoms with E-state index >= 15 is 0 Å². The largest absolute Gasteiger partial charge is 0.390 e. The van der Waals surface area contributed by atoms with Gasteiger partial charge in [0.15, 0.2) is 6.10 Å². The van der Waals surface area contributed by atoms with Crippen LogP contribution in [0.15, 0.2) is 78.0 Å². The minimum atomic E-state index is -0.473. The van der Waals surface area contributed by atoms with Crippen LogP contribution in [0.3, 0.4) is 0 Å². The quantitative estimate of drug-likeness (QED) is 0.499. The average Bonchev–Trinajstić information content (AvgIpc) is 3.29. The highest BCUT2D eigenvalue weighted by Gasteiger charge is 2.28. The van der Waals surface area contributed by atoms with Gasteiger partial charge in [-0.15, -0.1) is 0 Å². The van der Waals surface area contributed by atoms with E-state index in [4.69, 9.17) is 4.84 Å². The van der Waals surface area contributed by atoms with Crippen LogP contribution in [0.2, 0.25) is 0 Å². The maximum Gasteiger partial charge on any atom is 0.322 e. The molecular formula is C26H25F2N3O2. The van der Waals surface area contributed by atoms with Gasteiger partial charge in [0.05, 0.1) is 18.8 Å². The first-order chi connectivity index (χ1) is 16.0. The van der Waals surface area contributed by atoms with E-state index in [0.29, 0.717) is 28.9 Å². The topological polar surface area (TPSA) is 53.9 Å². The normalized spacial score (nSPS) is 15.0. The Hall–Kier alpha value is -3.74. The third-order valence-corrected chi connectivity index (χ3v) is 5.56. The van der Waals surface area contributed by atoms with Gasteiger partial charge in [-0.2, -0.15) is 0 Å². The Balaban J connectivity index is 1.48. The van der Waals surface area contributed by atoms with E-state index in [1.165, 1.54) is 17.0 Å². The minimum absolute atomic E-state index is 0.0560. The Morgan fingerprint density at radius 2 is 1.73 bits per heavy atom. The van der Waals surface area contributed by atoms with Gasteiger partial charge in [0.25, 0.3) is 0 Å². The predicted molar refractivity (Wildman–Crippen MR) is 124 cm³/mol. The average molecular weight is 450 g/mol. The van der Waals surface area contributed by atoms with Crippen LogP contribution in [-0.2, 0) is 17.8 Å². The molecule has 170 valence electrons. The SMILES string of the molecule is CCc1ccc(NC(=O)N(Cc2ccccc2F)CC2CC(c3ccccc3F)=NO2)cc1. The van der Waals surface area contributed by atoms with E-state index in [0.717, 1.165) is 12.0 Å². The Bertz CT molecular complexity index is 1150. The summed E-state index contributed by atoms with van der Waals surface area (Å²) in [7, 11) is 0. The molecule has 0 bridgehead atoms. The van der Waals surface area contributed by atoms with Crippen molar-refractivity contribution in [2.24, 2.45) is 5.16 Å². The summed E-state index contributed by atoms with van der Waals surface area (Å²) in [4.78, 5) is 20.1. The van der Waals surface area contributed by atoms with Crippen molar-refractivity contribution in [3.8, 4) is 0 Å². The van der Waals surface area contributed by atoms with Gasteiger partial charge in [-0.1, -0.05) is 60.6 Å². The number of benzene rings is 3. The molecule has 1 aliphatic rings. The second-order valence-electron chi connectivity index (χ2n) is 7.90. The molecule has 1 atom stereocenters. The molecule has 7 heteroatoms. The van der Waals surface area contributed by atoms with Crippen LogP contribution < -0.4 is 5.32 Å². The molecule has 0 aliphatic carbocycles. The number of carbonyl (C=O) groups excluding carboxylic acids is 1. The van der Waals surface area contributed by atoms with Crippen LogP contribution in [-0.4, -0.2) is 29.3 Å². The summed E-state index contributed by atoms with van der Waals surface area (Å²) >= 11 is 0. The number of rotatable bonds is 7. The number of anilines is 1. The summed E-state index contributed by atoms with van der Waals surface area (Å²) in [6.45, 7) is 2.28. The molecule has 0 fully saturated rings. The van der Waals surface area contributed by atoms with Crippen LogP contribution >= 0.6 is 0 Å². The summed E-state index contributed by atoms with van der Waals surface area (Å²) < 4.78 is 28.4. The van der Waals surface area contributed by atoms with Gasteiger partial charge in [-0.3, -0.25) is 0 Å². The number of oxime groups is 1. The fourth-order valence-electron chi connectivity index (χ4n) is 3.70. The van der Waals surface area contributed by atoms with E-state index in [2.05, 4.69) is 17.4 Å². The number of nitrogens with one attached hydrogen (secondary N) is 1. The summed E-state index contributed by atoms with van der Waals surface area (Å²) in [6, 6.07) is 19.9. The molecule has 2 amide bonds. The number of nitrogens with zero attached hydrogens (tertiary/aromatic N) is 2. The number of amides is 2. The Kier molecular flexibility index (Phi) is 6.98. The zero-order chi connectivity index (χ0) is 23.2. The van der Waals surface area contributed by atoms with Gasteiger partial charge in [0.2, 0.25) is 0 Å². The van der Waals surface area contributed by atoms with Gasteiger partial charge in [0, 0.05) is 23.2 Å². The molecule has 3 aromatic carbocycles. The van der Waals surface area contributed by atoms with E-state index < -0.39 is 11.9 Å². The monoisotopic (exact) mass is 449 g/mol. The van der Waals surface area contributed by atoms with Crippen molar-refractivity contribution in [1.29, 1.82) is 0 Å². The van der Waals surface area contributed by atoms with Crippen LogP contribution in [0.1, 0.15) is 30.0 Å². The third-order valence-electron chi connectivity index (χ3n) is 5.56. The van der Waals surface area contributed by atoms with E-state index in [9.17, 15) is 13.6 Å². The van der Waals surface area contributed by atoms with Crippen molar-refractivity contribution >= 4 is 17.4 Å². The van der Waals surface area contributed by atoms with Crippen LogP contribution in [0.4, 0.5) is 19.3 Å². The lowest BCUT2D eigenvalue weighted by molar-refractivity contribution is 0.0606. The highest BCUT2D eigenvalue weighted by atomic mass is 19.1. The van der Waals surface area contributed by atoms with Crippen molar-refractivity contribution in [2.45, 2.75) is 32.4 Å². The first-order valence-corrected chi connectivity index (χ1v) is 10.9. The summed E-state index contributed by atoms with van der Waals surface area (Å²) in [5, 5.41) is 6.90. The highest BCUT2D eigenvalue weighted by molar-refractivity contribution is 6.01. The fourth-order valence-corrected chi connectivity index (χ4v) is 3.70. The highest BCUT2D eigenvalue weighted by Crippen LogP contribution is 2.21. The summed E-state index contributed by atoms with van der Waals surface area (Å²) in [5.74, 6) is -0.768. The van der Waals surface area contributed by atoms with Gasteiger partial charge < -0.3 is 15.1 Å². The molecule has 1 unspecified atom stereocenters. The molecule has 1 N–H and O–H groups in total. The number of aryl methyl sites for hydroxylation is 1. The van der Waals surface area contributed by atoms with Crippen molar-refractivity contribution in [1.82, 2.24) is 4.90 Å². The van der Waals surface area contributed by atoms with Gasteiger partial charge >= 0.3 is 6.03 Å². The Morgan fingerprint density at radius 1 is 1.03 bits per heavy atom. The second kappa shape index (κ2) is 10.3. The van der Waals surface area contributed by atoms with Gasteiger partial charge in [0.1, 0.15) is 11.6 Å². The maximum absolute atomic E-state index is 14.3. The fraction of sp³-hybridized carbons (Fsp3) is 0.231. The molecule has 1 heterocycles. The standard InChI is InChI=1S/C26H25F2N3O2/c1-2-18-11-13-20(14-12-18)29-26(32)31(16-19-7-3-5-9-23(19)27)17-21-15-25(30-33-21)22-8-4-6-10-24(22)28/h3-14,21H,2,15-17H2,1H3,(H,29,32). The molecule has 3 aromatic rings. The van der Waals surface area contributed by atoms with E-state index in [1.54, 1.807) is 36.4 Å². The lowest BCUT2D eigenvalue weighted by atomic mass is 10.0. The first kappa shape index (κ1) is 22.5. The molecule has 0 saturated heterocycles. The molecule has 0 spiro atoms. The van der Waals surface area contributed by atoms with Crippen LogP contribution in [0, 0.1) is 11.6 Å². The summed E-state index contributed by atoms with van der Waals surface area (Å²) in [5.41, 5.74) is 3.06. The zero-order valence-corrected chi connectivity index (χ0v) is 18.3. The molecule has 0 radical (unpaired) electrons. The Labute approximate surface area is 191 Å². The number of urea groups is 1. The maximum atomic E-state index is 14.3. The lowest BCUT2D eigenvalue weighted by Crippen LogP contribution is -2.40. The lowest BCUT2D eigenvalue weighted by Gasteiger charge is -2.25. The van der Waals surface area contributed by atoms with Gasteiger partial charge in [-0.25, -0.2) is 13.6 Å². The van der Waals surface area contributed by atoms with Crippen molar-refractivity contribution in [3.05, 3.63) is 101 Å². The summed E-state index contributed by atoms with van der Waals surface area (Å²) in [6.07, 6.45) is 0.768. The molecule has 0 aromatic heterocycles. The molecule has 5 nitrogen and oxygen atoms in total. The zero-order valence-electron chi connectivity index (χ0n) is 18.3. The van der Waals surface area contributed by atoms with Crippen molar-refractivity contribution in [2.75, 3.05) is 11.9 Å². The van der Waals surface area contributed by atoms with Crippen LogP contribution in [0.25, 0.3) is 0 Å². The van der Waals surface area contributed by atoms with Crippen molar-refractivity contribution < 1.29 is 18.4 Å². The molecule has 0 saturated carbocycles. The van der Waals surface area contributed by atoms with E-state index in [1.807, 2.05) is 24.3 Å². The number of halogens is 2. The predicted octanol–water partition coefficient (Wildman–Crippen LogP) is 5.75. The van der Waals surface area contributed by atoms with E-state index in [-0.39, 0.29) is 24.9 Å². The number of hydrogen-bond donors (Lipinski definition) is 1. The van der Waals surface area contributed by atoms with Crippen molar-refractivity contribution in [3.63, 3.8) is 0 Å². The smallest absolute Gasteiger partial charge is 0.322 e. The molecule has 33 heavy (non-hydrogen) atoms. The molecule has 4 rings (SSSR count). The number of carbonyl (C=O) groups is 1. The van der Waals surface area contributed by atoms with Gasteiger partial charge in [-0.05, 0) is 36.2 Å². The second-order valence-corrected chi connectivity index (χ2v) is 7.90.